The van der Waals surface area contributed by atoms with Gasteiger partial charge < -0.3 is 9.47 Å². The summed E-state index contributed by atoms with van der Waals surface area (Å²) in [5.74, 6) is 0.924. The number of rotatable bonds is 3. The Labute approximate surface area is 76.9 Å². The molecular weight excluding hydrogens is 168 g/mol. The van der Waals surface area contributed by atoms with Crippen LogP contribution in [0.4, 0.5) is 5.69 Å². The minimum Gasteiger partial charge on any atom is -0.492 e. The molecule has 1 rings (SSSR count). The first-order valence-electron chi connectivity index (χ1n) is 3.86. The molecule has 4 heteroatoms. The molecule has 0 bridgehead atoms. The van der Waals surface area contributed by atoms with Crippen LogP contribution in [0.2, 0.25) is 0 Å². The van der Waals surface area contributed by atoms with Crippen molar-refractivity contribution in [2.24, 2.45) is 0 Å². The first-order valence-corrected chi connectivity index (χ1v) is 3.86. The van der Waals surface area contributed by atoms with Crippen LogP contribution in [0, 0.1) is 6.57 Å². The van der Waals surface area contributed by atoms with Crippen molar-refractivity contribution in [1.82, 2.24) is 4.98 Å². The molecule has 1 aromatic heterocycles. The Hall–Kier alpha value is -1.76. The maximum absolute atomic E-state index is 6.78. The highest BCUT2D eigenvalue weighted by Crippen LogP contribution is 2.28. The van der Waals surface area contributed by atoms with E-state index in [1.54, 1.807) is 6.07 Å². The van der Waals surface area contributed by atoms with Crippen molar-refractivity contribution in [2.45, 2.75) is 6.92 Å². The number of ether oxygens (including phenoxy) is 2. The van der Waals surface area contributed by atoms with E-state index < -0.39 is 0 Å². The molecule has 0 aliphatic rings. The average Bonchev–Trinajstić information content (AvgIpc) is 2.19. The summed E-state index contributed by atoms with van der Waals surface area (Å²) < 4.78 is 10.2. The highest BCUT2D eigenvalue weighted by atomic mass is 16.5. The maximum Gasteiger partial charge on any atom is 0.254 e. The standard InChI is InChI=1S/C9H10N2O2/c1-4-13-9-8(12-3)5-7(10-2)6-11-9/h5-6H,4H2,1,3H3. The van der Waals surface area contributed by atoms with E-state index >= 15 is 0 Å². The fourth-order valence-corrected chi connectivity index (χ4v) is 0.874. The lowest BCUT2D eigenvalue weighted by Gasteiger charge is -2.07. The van der Waals surface area contributed by atoms with E-state index in [9.17, 15) is 0 Å². The van der Waals surface area contributed by atoms with Crippen LogP contribution in [-0.4, -0.2) is 18.7 Å². The summed E-state index contributed by atoms with van der Waals surface area (Å²) in [5, 5.41) is 0. The lowest BCUT2D eigenvalue weighted by molar-refractivity contribution is 0.298. The normalized spacial score (nSPS) is 9.00. The van der Waals surface area contributed by atoms with Crippen LogP contribution >= 0.6 is 0 Å². The molecule has 68 valence electrons. The largest absolute Gasteiger partial charge is 0.492 e. The van der Waals surface area contributed by atoms with E-state index in [0.717, 1.165) is 0 Å². The van der Waals surface area contributed by atoms with Crippen molar-refractivity contribution >= 4 is 5.69 Å². The van der Waals surface area contributed by atoms with Crippen LogP contribution in [0.5, 0.6) is 11.6 Å². The van der Waals surface area contributed by atoms with Gasteiger partial charge in [0.15, 0.2) is 5.75 Å². The van der Waals surface area contributed by atoms with Crippen LogP contribution in [0.25, 0.3) is 4.85 Å². The van der Waals surface area contributed by atoms with Gasteiger partial charge in [0, 0.05) is 6.20 Å². The third-order valence-electron chi connectivity index (χ3n) is 1.43. The average molecular weight is 178 g/mol. The van der Waals surface area contributed by atoms with Crippen LogP contribution in [-0.2, 0) is 0 Å². The van der Waals surface area contributed by atoms with E-state index in [2.05, 4.69) is 9.83 Å². The molecule has 0 radical (unpaired) electrons. The van der Waals surface area contributed by atoms with Gasteiger partial charge in [-0.15, -0.1) is 0 Å². The van der Waals surface area contributed by atoms with Crippen molar-refractivity contribution in [3.63, 3.8) is 0 Å². The molecule has 0 spiro atoms. The van der Waals surface area contributed by atoms with Gasteiger partial charge in [0.2, 0.25) is 5.69 Å². The minimum absolute atomic E-state index is 0.428. The molecule has 0 saturated carbocycles. The van der Waals surface area contributed by atoms with Crippen LogP contribution in [0.1, 0.15) is 6.92 Å². The zero-order valence-corrected chi connectivity index (χ0v) is 7.57. The lowest BCUT2D eigenvalue weighted by atomic mass is 10.4. The number of hydrogen-bond donors (Lipinski definition) is 0. The summed E-state index contributed by atoms with van der Waals surface area (Å²) in [4.78, 5) is 7.18. The van der Waals surface area contributed by atoms with E-state index in [4.69, 9.17) is 16.0 Å². The first kappa shape index (κ1) is 9.33. The van der Waals surface area contributed by atoms with E-state index in [0.29, 0.717) is 23.9 Å². The number of nitrogens with zero attached hydrogens (tertiary/aromatic N) is 2. The van der Waals surface area contributed by atoms with Gasteiger partial charge >= 0.3 is 0 Å². The molecule has 0 N–H and O–H groups in total. The maximum atomic E-state index is 6.78. The SMILES string of the molecule is [C-]#[N+]c1cnc(OCC)c(OC)c1. The van der Waals surface area contributed by atoms with Gasteiger partial charge in [-0.25, -0.2) is 9.83 Å². The van der Waals surface area contributed by atoms with Gasteiger partial charge in [0.25, 0.3) is 5.88 Å². The van der Waals surface area contributed by atoms with Crippen molar-refractivity contribution < 1.29 is 9.47 Å². The Bertz CT molecular complexity index is 331. The van der Waals surface area contributed by atoms with Gasteiger partial charge in [-0.05, 0) is 13.0 Å². The Morgan fingerprint density at radius 3 is 2.92 bits per heavy atom. The summed E-state index contributed by atoms with van der Waals surface area (Å²) in [6, 6.07) is 1.60. The quantitative estimate of drug-likeness (QED) is 0.664. The lowest BCUT2D eigenvalue weighted by Crippen LogP contribution is -1.97. The third kappa shape index (κ3) is 2.09. The summed E-state index contributed by atoms with van der Waals surface area (Å²) in [6.45, 7) is 9.17. The zero-order chi connectivity index (χ0) is 9.68. The molecule has 0 amide bonds. The van der Waals surface area contributed by atoms with Crippen molar-refractivity contribution in [3.8, 4) is 11.6 Å². The molecule has 1 heterocycles. The second-order valence-corrected chi connectivity index (χ2v) is 2.25. The number of methoxy groups -OCH3 is 1. The monoisotopic (exact) mass is 178 g/mol. The van der Waals surface area contributed by atoms with Gasteiger partial charge in [-0.3, -0.25) is 0 Å². The zero-order valence-electron chi connectivity index (χ0n) is 7.57. The van der Waals surface area contributed by atoms with E-state index in [1.807, 2.05) is 6.92 Å². The molecule has 0 aromatic carbocycles. The van der Waals surface area contributed by atoms with Crippen molar-refractivity contribution in [3.05, 3.63) is 23.7 Å². The van der Waals surface area contributed by atoms with Gasteiger partial charge in [-0.2, -0.15) is 0 Å². The Morgan fingerprint density at radius 1 is 1.62 bits per heavy atom. The molecule has 0 unspecified atom stereocenters. The van der Waals surface area contributed by atoms with Crippen LogP contribution in [0.15, 0.2) is 12.3 Å². The van der Waals surface area contributed by atoms with Crippen LogP contribution in [0.3, 0.4) is 0 Å². The smallest absolute Gasteiger partial charge is 0.254 e. The fourth-order valence-electron chi connectivity index (χ4n) is 0.874. The Kier molecular flexibility index (Phi) is 3.09. The topological polar surface area (TPSA) is 35.7 Å². The molecule has 0 fully saturated rings. The third-order valence-corrected chi connectivity index (χ3v) is 1.43. The molecule has 1 aromatic rings. The second kappa shape index (κ2) is 4.31. The molecule has 0 aliphatic heterocycles. The second-order valence-electron chi connectivity index (χ2n) is 2.25. The first-order chi connectivity index (χ1) is 6.31. The molecule has 0 atom stereocenters. The molecule has 0 aliphatic carbocycles. The summed E-state index contributed by atoms with van der Waals surface area (Å²) >= 11 is 0. The van der Waals surface area contributed by atoms with Crippen molar-refractivity contribution in [1.29, 1.82) is 0 Å². The van der Waals surface area contributed by atoms with Gasteiger partial charge in [0.05, 0.1) is 20.3 Å². The Balaban J connectivity index is 3.02. The molecule has 0 saturated heterocycles. The van der Waals surface area contributed by atoms with Crippen LogP contribution < -0.4 is 9.47 Å². The summed E-state index contributed by atoms with van der Waals surface area (Å²) in [6.07, 6.45) is 1.46. The number of pyridine rings is 1. The molecule has 4 nitrogen and oxygen atoms in total. The molecule has 13 heavy (non-hydrogen) atoms. The minimum atomic E-state index is 0.428. The highest BCUT2D eigenvalue weighted by molar-refractivity contribution is 5.50. The van der Waals surface area contributed by atoms with Gasteiger partial charge in [0.1, 0.15) is 0 Å². The summed E-state index contributed by atoms with van der Waals surface area (Å²) in [5.41, 5.74) is 0.445. The van der Waals surface area contributed by atoms with Gasteiger partial charge in [-0.1, -0.05) is 0 Å². The predicted molar refractivity (Wildman–Crippen MR) is 48.2 cm³/mol. The number of aromatic nitrogens is 1. The van der Waals surface area contributed by atoms with E-state index in [1.165, 1.54) is 13.3 Å². The fraction of sp³-hybridized carbons (Fsp3) is 0.333. The predicted octanol–water partition coefficient (Wildman–Crippen LogP) is 2.04. The highest BCUT2D eigenvalue weighted by Gasteiger charge is 2.05. The van der Waals surface area contributed by atoms with E-state index in [-0.39, 0.29) is 0 Å². The number of hydrogen-bond acceptors (Lipinski definition) is 3. The summed E-state index contributed by atoms with van der Waals surface area (Å²) in [7, 11) is 1.52. The van der Waals surface area contributed by atoms with Crippen molar-refractivity contribution in [2.75, 3.05) is 13.7 Å². The molecular formula is C9H10N2O2. The Morgan fingerprint density at radius 2 is 2.38 bits per heavy atom.